The molecule has 1 N–H and O–H groups in total. The van der Waals surface area contributed by atoms with E-state index in [1.165, 1.54) is 6.42 Å². The summed E-state index contributed by atoms with van der Waals surface area (Å²) in [5.74, 6) is 5.26. The van der Waals surface area contributed by atoms with Crippen molar-refractivity contribution in [2.75, 3.05) is 13.2 Å². The zero-order valence-electron chi connectivity index (χ0n) is 9.08. The van der Waals surface area contributed by atoms with Crippen LogP contribution in [0.5, 0.6) is 0 Å². The Morgan fingerprint density at radius 2 is 1.69 bits per heavy atom. The summed E-state index contributed by atoms with van der Waals surface area (Å²) in [5.41, 5.74) is 0. The molecule has 0 aromatic carbocycles. The van der Waals surface area contributed by atoms with E-state index in [1.54, 1.807) is 0 Å². The maximum absolute atomic E-state index is 10.4. The lowest BCUT2D eigenvalue weighted by Gasteiger charge is -2.52. The van der Waals surface area contributed by atoms with Gasteiger partial charge in [-0.2, -0.15) is 0 Å². The highest BCUT2D eigenvalue weighted by molar-refractivity contribution is 5.33. The van der Waals surface area contributed by atoms with Crippen molar-refractivity contribution < 1.29 is 14.6 Å². The standard InChI is InChI=1S/C13H16O3/c14-12-8-4-3-5-7-6(4)9(12)11(7)13(10(5)8)15-1-2-16-13/h4-12,14H,1-3H2/t4-,5+,6-,7?,8+,9-,10-,11+,12+/m0/s1. The van der Waals surface area contributed by atoms with Gasteiger partial charge in [-0.1, -0.05) is 0 Å². The van der Waals surface area contributed by atoms with Gasteiger partial charge in [0.15, 0.2) is 5.79 Å². The molecule has 5 aliphatic carbocycles. The molecular weight excluding hydrogens is 204 g/mol. The Balaban J connectivity index is 1.64. The summed E-state index contributed by atoms with van der Waals surface area (Å²) in [6, 6.07) is 0. The first kappa shape index (κ1) is 8.06. The van der Waals surface area contributed by atoms with Gasteiger partial charge < -0.3 is 14.6 Å². The lowest BCUT2D eigenvalue weighted by molar-refractivity contribution is -0.277. The number of fused-ring (bicyclic) bond motifs is 4. The average molecular weight is 220 g/mol. The van der Waals surface area contributed by atoms with Crippen molar-refractivity contribution in [2.45, 2.75) is 18.3 Å². The molecule has 0 amide bonds. The van der Waals surface area contributed by atoms with E-state index in [1.807, 2.05) is 0 Å². The Hall–Kier alpha value is -0.120. The van der Waals surface area contributed by atoms with Crippen LogP contribution < -0.4 is 0 Å². The zero-order valence-corrected chi connectivity index (χ0v) is 9.08. The molecule has 5 saturated carbocycles. The van der Waals surface area contributed by atoms with Gasteiger partial charge in [0.05, 0.1) is 19.3 Å². The van der Waals surface area contributed by atoms with E-state index in [0.717, 1.165) is 36.9 Å². The molecule has 2 bridgehead atoms. The Bertz CT molecular complexity index is 402. The van der Waals surface area contributed by atoms with Crippen molar-refractivity contribution in [3.05, 3.63) is 0 Å². The Kier molecular flexibility index (Phi) is 1.01. The zero-order chi connectivity index (χ0) is 10.2. The summed E-state index contributed by atoms with van der Waals surface area (Å²) in [6.45, 7) is 1.55. The summed E-state index contributed by atoms with van der Waals surface area (Å²) in [6.07, 6.45) is 1.34. The normalized spacial score (nSPS) is 74.4. The van der Waals surface area contributed by atoms with Crippen LogP contribution in [0.15, 0.2) is 0 Å². The summed E-state index contributed by atoms with van der Waals surface area (Å²) in [7, 11) is 0. The van der Waals surface area contributed by atoms with Crippen molar-refractivity contribution in [2.24, 2.45) is 47.3 Å². The third-order valence-corrected chi connectivity index (χ3v) is 7.08. The Morgan fingerprint density at radius 1 is 0.875 bits per heavy atom. The van der Waals surface area contributed by atoms with E-state index in [0.29, 0.717) is 23.7 Å². The molecule has 9 atom stereocenters. The van der Waals surface area contributed by atoms with E-state index >= 15 is 0 Å². The second-order valence-electron chi connectivity index (χ2n) is 6.83. The Morgan fingerprint density at radius 3 is 2.50 bits per heavy atom. The third-order valence-electron chi connectivity index (χ3n) is 7.08. The predicted octanol–water partition coefficient (Wildman–Crippen LogP) is 0.478. The van der Waals surface area contributed by atoms with E-state index in [9.17, 15) is 5.11 Å². The highest BCUT2D eigenvalue weighted by Gasteiger charge is 2.89. The van der Waals surface area contributed by atoms with Crippen LogP contribution in [0, 0.1) is 47.3 Å². The molecule has 1 saturated heterocycles. The van der Waals surface area contributed by atoms with E-state index in [2.05, 4.69) is 0 Å². The third kappa shape index (κ3) is 0.485. The van der Waals surface area contributed by atoms with Gasteiger partial charge in [0, 0.05) is 11.8 Å². The van der Waals surface area contributed by atoms with Gasteiger partial charge in [-0.25, -0.2) is 0 Å². The minimum atomic E-state index is -0.231. The molecule has 16 heavy (non-hydrogen) atoms. The van der Waals surface area contributed by atoms with Crippen molar-refractivity contribution in [3.8, 4) is 0 Å². The van der Waals surface area contributed by atoms with Crippen LogP contribution in [-0.4, -0.2) is 30.2 Å². The second-order valence-corrected chi connectivity index (χ2v) is 6.83. The fourth-order valence-electron chi connectivity index (χ4n) is 7.27. The van der Waals surface area contributed by atoms with Crippen LogP contribution in [-0.2, 0) is 9.47 Å². The molecule has 1 spiro atoms. The first-order valence-electron chi connectivity index (χ1n) is 6.80. The maximum atomic E-state index is 10.4. The molecule has 1 heterocycles. The monoisotopic (exact) mass is 220 g/mol. The molecule has 0 aromatic heterocycles. The topological polar surface area (TPSA) is 38.7 Å². The van der Waals surface area contributed by atoms with E-state index in [4.69, 9.17) is 9.47 Å². The van der Waals surface area contributed by atoms with Crippen LogP contribution in [0.2, 0.25) is 0 Å². The molecule has 6 rings (SSSR count). The first-order valence-corrected chi connectivity index (χ1v) is 6.80. The lowest BCUT2D eigenvalue weighted by Crippen LogP contribution is -2.59. The maximum Gasteiger partial charge on any atom is 0.175 e. The summed E-state index contributed by atoms with van der Waals surface area (Å²) in [4.78, 5) is 0. The first-order chi connectivity index (χ1) is 7.84. The minimum absolute atomic E-state index is 0.0211. The van der Waals surface area contributed by atoms with Gasteiger partial charge in [0.1, 0.15) is 0 Å². The predicted molar refractivity (Wildman–Crippen MR) is 53.2 cm³/mol. The van der Waals surface area contributed by atoms with Gasteiger partial charge in [-0.05, 0) is 41.9 Å². The van der Waals surface area contributed by atoms with Gasteiger partial charge >= 0.3 is 0 Å². The molecular formula is C13H16O3. The van der Waals surface area contributed by atoms with E-state index in [-0.39, 0.29) is 11.9 Å². The molecule has 0 radical (unpaired) electrons. The van der Waals surface area contributed by atoms with Crippen LogP contribution in [0.25, 0.3) is 0 Å². The Labute approximate surface area is 94.1 Å². The van der Waals surface area contributed by atoms with Gasteiger partial charge in [-0.3, -0.25) is 0 Å². The summed E-state index contributed by atoms with van der Waals surface area (Å²) >= 11 is 0. The number of aliphatic hydroxyl groups is 1. The average Bonchev–Trinajstić information content (AvgIpc) is 2.87. The van der Waals surface area contributed by atoms with Crippen LogP contribution >= 0.6 is 0 Å². The molecule has 0 aromatic rings. The quantitative estimate of drug-likeness (QED) is 0.645. The molecule has 86 valence electrons. The molecule has 3 nitrogen and oxygen atoms in total. The number of hydrogen-bond acceptors (Lipinski definition) is 3. The second kappa shape index (κ2) is 2.00. The SMILES string of the molecule is O[C@@H]1[C@@H]2[C@H]3C[C@@H]4C5[C@H]3[C@H]1[C@@H]5C1(OCCO1)[C@H]24. The molecule has 1 unspecified atom stereocenters. The number of hydrogen-bond donors (Lipinski definition) is 1. The van der Waals surface area contributed by atoms with Crippen molar-refractivity contribution in [3.63, 3.8) is 0 Å². The highest BCUT2D eigenvalue weighted by atomic mass is 16.7. The fourth-order valence-corrected chi connectivity index (χ4v) is 7.27. The van der Waals surface area contributed by atoms with Crippen LogP contribution in [0.3, 0.4) is 0 Å². The van der Waals surface area contributed by atoms with Gasteiger partial charge in [0.25, 0.3) is 0 Å². The molecule has 1 aliphatic heterocycles. The van der Waals surface area contributed by atoms with Crippen molar-refractivity contribution in [1.29, 1.82) is 0 Å². The van der Waals surface area contributed by atoms with Gasteiger partial charge in [0.2, 0.25) is 0 Å². The molecule has 6 fully saturated rings. The number of rotatable bonds is 0. The van der Waals surface area contributed by atoms with E-state index < -0.39 is 0 Å². The van der Waals surface area contributed by atoms with Crippen molar-refractivity contribution >= 4 is 0 Å². The molecule has 3 heteroatoms. The summed E-state index contributed by atoms with van der Waals surface area (Å²) in [5, 5.41) is 10.4. The fraction of sp³-hybridized carbons (Fsp3) is 1.00. The van der Waals surface area contributed by atoms with Crippen LogP contribution in [0.4, 0.5) is 0 Å². The smallest absolute Gasteiger partial charge is 0.175 e. The van der Waals surface area contributed by atoms with Gasteiger partial charge in [-0.15, -0.1) is 0 Å². The largest absolute Gasteiger partial charge is 0.393 e. The number of aliphatic hydroxyl groups excluding tert-OH is 1. The molecule has 6 aliphatic rings. The lowest BCUT2D eigenvalue weighted by atomic mass is 9.57. The van der Waals surface area contributed by atoms with Crippen LogP contribution in [0.1, 0.15) is 6.42 Å². The van der Waals surface area contributed by atoms with Crippen molar-refractivity contribution in [1.82, 2.24) is 0 Å². The number of ether oxygens (including phenoxy) is 2. The minimum Gasteiger partial charge on any atom is -0.393 e. The summed E-state index contributed by atoms with van der Waals surface area (Å²) < 4.78 is 12.2. The highest BCUT2D eigenvalue weighted by Crippen LogP contribution is 2.86.